The van der Waals surface area contributed by atoms with Gasteiger partial charge in [-0.05, 0) is 35.9 Å². The maximum Gasteiger partial charge on any atom is 0.275 e. The first-order valence-electron chi connectivity index (χ1n) is 6.67. The fourth-order valence-electron chi connectivity index (χ4n) is 2.05. The molecule has 1 aromatic heterocycles. The Hall–Kier alpha value is -3.15. The zero-order valence-electron chi connectivity index (χ0n) is 11.9. The molecule has 22 heavy (non-hydrogen) atoms. The number of hydrogen-bond donors (Lipinski definition) is 2. The summed E-state index contributed by atoms with van der Waals surface area (Å²) in [6.07, 6.45) is 8.40. The van der Waals surface area contributed by atoms with Crippen LogP contribution in [0.3, 0.4) is 0 Å². The second-order valence-electron chi connectivity index (χ2n) is 4.80. The van der Waals surface area contributed by atoms with Gasteiger partial charge >= 0.3 is 0 Å². The van der Waals surface area contributed by atoms with E-state index in [9.17, 15) is 9.90 Å². The number of aliphatic imine (C=N–C) groups is 2. The lowest BCUT2D eigenvalue weighted by molar-refractivity contribution is 0.475. The van der Waals surface area contributed by atoms with Gasteiger partial charge in [0.2, 0.25) is 0 Å². The van der Waals surface area contributed by atoms with Gasteiger partial charge in [-0.25, -0.2) is 9.98 Å². The van der Waals surface area contributed by atoms with Gasteiger partial charge in [-0.15, -0.1) is 0 Å². The topological polar surface area (TPSA) is 82.7 Å². The van der Waals surface area contributed by atoms with Crippen LogP contribution in [0, 0.1) is 0 Å². The van der Waals surface area contributed by atoms with Crippen molar-refractivity contribution in [1.29, 1.82) is 0 Å². The van der Waals surface area contributed by atoms with Gasteiger partial charge in [-0.3, -0.25) is 9.36 Å². The van der Waals surface area contributed by atoms with Gasteiger partial charge in [-0.2, -0.15) is 0 Å². The van der Waals surface area contributed by atoms with Crippen molar-refractivity contribution in [2.45, 2.75) is 0 Å². The molecule has 0 spiro atoms. The molecular weight excluding hydrogens is 280 g/mol. The summed E-state index contributed by atoms with van der Waals surface area (Å²) >= 11 is 0. The maximum absolute atomic E-state index is 12.2. The summed E-state index contributed by atoms with van der Waals surface area (Å²) in [4.78, 5) is 23.2. The molecule has 3 rings (SSSR count). The number of aromatic nitrogens is 2. The first-order valence-corrected chi connectivity index (χ1v) is 6.67. The molecule has 0 radical (unpaired) electrons. The zero-order valence-corrected chi connectivity index (χ0v) is 11.9. The van der Waals surface area contributed by atoms with Crippen molar-refractivity contribution in [3.63, 3.8) is 0 Å². The zero-order chi connectivity index (χ0) is 15.5. The van der Waals surface area contributed by atoms with Crippen LogP contribution < -0.4 is 16.4 Å². The number of phenolic OH excluding ortho intramolecular Hbond substituents is 1. The number of aromatic amines is 1. The minimum atomic E-state index is -0.124. The van der Waals surface area contributed by atoms with E-state index in [0.29, 0.717) is 10.8 Å². The summed E-state index contributed by atoms with van der Waals surface area (Å²) in [7, 11) is 1.70. The van der Waals surface area contributed by atoms with Crippen LogP contribution in [-0.4, -0.2) is 27.2 Å². The van der Waals surface area contributed by atoms with Crippen molar-refractivity contribution in [2.75, 3.05) is 0 Å². The quantitative estimate of drug-likeness (QED) is 0.819. The molecule has 0 unspecified atom stereocenters. The Balaban J connectivity index is 2.06. The Morgan fingerprint density at radius 1 is 1.23 bits per heavy atom. The van der Waals surface area contributed by atoms with Gasteiger partial charge in [0, 0.05) is 7.05 Å². The summed E-state index contributed by atoms with van der Waals surface area (Å²) < 4.78 is 1.53. The fraction of sp³-hybridized carbons (Fsp3) is 0.0625. The van der Waals surface area contributed by atoms with E-state index in [-0.39, 0.29) is 11.3 Å². The van der Waals surface area contributed by atoms with Crippen LogP contribution in [-0.2, 0) is 7.05 Å². The third-order valence-corrected chi connectivity index (χ3v) is 3.26. The lowest BCUT2D eigenvalue weighted by Crippen LogP contribution is -2.28. The van der Waals surface area contributed by atoms with Crippen molar-refractivity contribution in [3.05, 3.63) is 62.8 Å². The summed E-state index contributed by atoms with van der Waals surface area (Å²) in [6, 6.07) is 6.64. The highest BCUT2D eigenvalue weighted by molar-refractivity contribution is 5.92. The van der Waals surface area contributed by atoms with Crippen LogP contribution in [0.1, 0.15) is 5.56 Å². The second kappa shape index (κ2) is 5.69. The van der Waals surface area contributed by atoms with Crippen LogP contribution in [0.5, 0.6) is 5.75 Å². The first kappa shape index (κ1) is 13.8. The number of imidazole rings is 1. The van der Waals surface area contributed by atoms with Crippen LogP contribution in [0.4, 0.5) is 0 Å². The van der Waals surface area contributed by atoms with Crippen LogP contribution in [0.15, 0.2) is 50.8 Å². The Bertz CT molecular complexity index is 943. The average molecular weight is 294 g/mol. The highest BCUT2D eigenvalue weighted by Gasteiger charge is 1.99. The summed E-state index contributed by atoms with van der Waals surface area (Å²) in [5.74, 6) is 0.191. The van der Waals surface area contributed by atoms with Crippen molar-refractivity contribution in [1.82, 2.24) is 9.55 Å². The Morgan fingerprint density at radius 2 is 2.00 bits per heavy atom. The standard InChI is InChI=1S/C16H14N4O2/c1-20-15(7-4-12-9-17-10-18-12)19-14(16(20)22)8-11-2-5-13(21)6-3-11/h2-10,19,21H,1H3/b12-4-,14-8-,15-7-. The largest absolute Gasteiger partial charge is 0.508 e. The third-order valence-electron chi connectivity index (χ3n) is 3.26. The molecule has 1 aliphatic heterocycles. The van der Waals surface area contributed by atoms with Gasteiger partial charge in [0.15, 0.2) is 0 Å². The molecule has 1 aromatic carbocycles. The highest BCUT2D eigenvalue weighted by atomic mass is 16.3. The third kappa shape index (κ3) is 2.80. The van der Waals surface area contributed by atoms with Crippen LogP contribution >= 0.6 is 0 Å². The van der Waals surface area contributed by atoms with Crippen molar-refractivity contribution < 1.29 is 5.11 Å². The Morgan fingerprint density at radius 3 is 2.68 bits per heavy atom. The van der Waals surface area contributed by atoms with Crippen molar-refractivity contribution >= 4 is 24.7 Å². The number of hydrogen-bond acceptors (Lipinski definition) is 4. The lowest BCUT2D eigenvalue weighted by Gasteiger charge is -1.92. The van der Waals surface area contributed by atoms with E-state index in [2.05, 4.69) is 15.0 Å². The molecule has 0 saturated carbocycles. The number of rotatable bonds is 2. The van der Waals surface area contributed by atoms with Gasteiger partial charge < -0.3 is 10.1 Å². The molecule has 0 saturated heterocycles. The molecule has 6 nitrogen and oxygen atoms in total. The molecule has 2 aromatic rings. The fourth-order valence-corrected chi connectivity index (χ4v) is 2.05. The molecule has 0 atom stereocenters. The number of phenols is 1. The van der Waals surface area contributed by atoms with E-state index in [0.717, 1.165) is 11.3 Å². The molecule has 2 heterocycles. The molecule has 2 N–H and O–H groups in total. The molecule has 0 bridgehead atoms. The monoisotopic (exact) mass is 294 g/mol. The number of benzene rings is 1. The molecule has 0 fully saturated rings. The number of allylic oxidation sites excluding steroid dienone is 2. The minimum absolute atomic E-state index is 0.124. The molecule has 110 valence electrons. The van der Waals surface area contributed by atoms with Gasteiger partial charge in [0.25, 0.3) is 5.56 Å². The van der Waals surface area contributed by atoms with E-state index in [1.165, 1.54) is 10.9 Å². The molecule has 0 amide bonds. The van der Waals surface area contributed by atoms with Crippen molar-refractivity contribution in [3.8, 4) is 5.75 Å². The summed E-state index contributed by atoms with van der Waals surface area (Å²) in [6.45, 7) is 0. The molecule has 0 aliphatic carbocycles. The maximum atomic E-state index is 12.2. The number of aromatic hydroxyl groups is 1. The molecule has 1 aliphatic rings. The van der Waals surface area contributed by atoms with Gasteiger partial charge in [0.1, 0.15) is 22.9 Å². The van der Waals surface area contributed by atoms with E-state index >= 15 is 0 Å². The van der Waals surface area contributed by atoms with Crippen LogP contribution in [0.25, 0.3) is 12.2 Å². The molecular formula is C16H14N4O2. The summed E-state index contributed by atoms with van der Waals surface area (Å²) in [5, 5.41) is 9.75. The predicted octanol–water partition coefficient (Wildman–Crippen LogP) is 0.0249. The second-order valence-corrected chi connectivity index (χ2v) is 4.80. The predicted molar refractivity (Wildman–Crippen MR) is 86.5 cm³/mol. The van der Waals surface area contributed by atoms with Crippen LogP contribution in [0.2, 0.25) is 0 Å². The normalized spacial score (nSPS) is 17.0. The van der Waals surface area contributed by atoms with E-state index in [1.807, 2.05) is 0 Å². The lowest BCUT2D eigenvalue weighted by atomic mass is 10.2. The molecule has 6 heteroatoms. The first-order chi connectivity index (χ1) is 10.6. The van der Waals surface area contributed by atoms with E-state index < -0.39 is 0 Å². The number of nitrogens with zero attached hydrogens (tertiary/aromatic N) is 3. The number of H-pyrrole nitrogens is 1. The van der Waals surface area contributed by atoms with Crippen molar-refractivity contribution in [2.24, 2.45) is 17.0 Å². The average Bonchev–Trinajstić information content (AvgIpc) is 3.12. The van der Waals surface area contributed by atoms with Gasteiger partial charge in [0.05, 0.1) is 11.9 Å². The van der Waals surface area contributed by atoms with Gasteiger partial charge in [-0.1, -0.05) is 12.1 Å². The van der Waals surface area contributed by atoms with E-state index in [1.54, 1.807) is 55.8 Å². The summed E-state index contributed by atoms with van der Waals surface area (Å²) in [5.41, 5.74) is 2.10. The van der Waals surface area contributed by atoms with E-state index in [4.69, 9.17) is 0 Å². The minimum Gasteiger partial charge on any atom is -0.508 e. The highest BCUT2D eigenvalue weighted by Crippen LogP contribution is 2.09. The Labute approximate surface area is 125 Å². The SMILES string of the molecule is Cn1c(=O)/c(=C/c2ccc(O)cc2)[nH]/c1=C/C=C1/C=NC=N1. The smallest absolute Gasteiger partial charge is 0.275 e. The number of nitrogens with one attached hydrogen (secondary N) is 1. The Kier molecular flexibility index (Phi) is 3.57.